The van der Waals surface area contributed by atoms with Gasteiger partial charge in [0.05, 0.1) is 12.0 Å². The second kappa shape index (κ2) is 5.85. The summed E-state index contributed by atoms with van der Waals surface area (Å²) in [6.45, 7) is 7.02. The maximum absolute atomic E-state index is 11.1. The first-order valence-electron chi connectivity index (χ1n) is 6.75. The van der Waals surface area contributed by atoms with Crippen molar-refractivity contribution in [3.8, 4) is 0 Å². The molecular formula is C14H26O3. The van der Waals surface area contributed by atoms with Gasteiger partial charge in [-0.3, -0.25) is 4.79 Å². The van der Waals surface area contributed by atoms with Crippen LogP contribution in [-0.4, -0.2) is 23.3 Å². The van der Waals surface area contributed by atoms with E-state index in [0.717, 1.165) is 25.7 Å². The zero-order chi connectivity index (χ0) is 12.9. The number of carboxylic acid groups (broad SMARTS) is 1. The predicted octanol–water partition coefficient (Wildman–Crippen LogP) is 3.62. The second-order valence-corrected chi connectivity index (χ2v) is 6.06. The molecule has 17 heavy (non-hydrogen) atoms. The molecule has 3 heteroatoms. The Bertz CT molecular complexity index is 260. The molecule has 1 fully saturated rings. The van der Waals surface area contributed by atoms with Gasteiger partial charge in [0, 0.05) is 6.61 Å². The number of carbonyl (C=O) groups is 1. The van der Waals surface area contributed by atoms with Crippen LogP contribution in [-0.2, 0) is 9.53 Å². The third kappa shape index (κ3) is 4.66. The number of hydrogen-bond donors (Lipinski definition) is 1. The van der Waals surface area contributed by atoms with E-state index in [2.05, 4.69) is 20.8 Å². The standard InChI is InChI=1S/C14H26O3/c1-4-5-6-7-14(10-12(15)16)8-9-17-13(2,3)11-14/h4-11H2,1-3H3,(H,15,16)/t14-/m0/s1. The molecule has 1 atom stereocenters. The molecule has 1 heterocycles. The molecule has 0 aromatic rings. The average molecular weight is 242 g/mol. The summed E-state index contributed by atoms with van der Waals surface area (Å²) in [5.74, 6) is -0.667. The first-order valence-corrected chi connectivity index (χ1v) is 6.75. The molecule has 1 rings (SSSR count). The largest absolute Gasteiger partial charge is 0.481 e. The van der Waals surface area contributed by atoms with Crippen molar-refractivity contribution in [2.45, 2.75) is 71.3 Å². The highest BCUT2D eigenvalue weighted by Gasteiger charge is 2.41. The summed E-state index contributed by atoms with van der Waals surface area (Å²) in [5.41, 5.74) is -0.206. The SMILES string of the molecule is CCCCC[C@@]1(CC(=O)O)CCOC(C)(C)C1. The number of ether oxygens (including phenoxy) is 1. The molecule has 0 aliphatic carbocycles. The molecule has 0 aromatic carbocycles. The number of rotatable bonds is 6. The fourth-order valence-corrected chi connectivity index (χ4v) is 3.11. The van der Waals surface area contributed by atoms with E-state index in [9.17, 15) is 4.79 Å². The van der Waals surface area contributed by atoms with Crippen molar-refractivity contribution in [2.24, 2.45) is 5.41 Å². The monoisotopic (exact) mass is 242 g/mol. The Kier molecular flexibility index (Phi) is 4.99. The van der Waals surface area contributed by atoms with Crippen molar-refractivity contribution in [3.05, 3.63) is 0 Å². The average Bonchev–Trinajstić information content (AvgIpc) is 2.14. The van der Waals surface area contributed by atoms with Crippen LogP contribution in [0.5, 0.6) is 0 Å². The van der Waals surface area contributed by atoms with E-state index >= 15 is 0 Å². The van der Waals surface area contributed by atoms with Crippen molar-refractivity contribution >= 4 is 5.97 Å². The Morgan fingerprint density at radius 3 is 2.59 bits per heavy atom. The van der Waals surface area contributed by atoms with Gasteiger partial charge in [0.25, 0.3) is 0 Å². The van der Waals surface area contributed by atoms with E-state index in [1.54, 1.807) is 0 Å². The Hall–Kier alpha value is -0.570. The van der Waals surface area contributed by atoms with E-state index in [1.807, 2.05) is 0 Å². The lowest BCUT2D eigenvalue weighted by Gasteiger charge is -2.44. The predicted molar refractivity (Wildman–Crippen MR) is 68.1 cm³/mol. The molecule has 1 saturated heterocycles. The van der Waals surface area contributed by atoms with Gasteiger partial charge in [-0.15, -0.1) is 0 Å². The Morgan fingerprint density at radius 2 is 2.06 bits per heavy atom. The van der Waals surface area contributed by atoms with Crippen LogP contribution in [0.3, 0.4) is 0 Å². The minimum absolute atomic E-state index is 0.0389. The van der Waals surface area contributed by atoms with Crippen LogP contribution in [0, 0.1) is 5.41 Å². The molecule has 3 nitrogen and oxygen atoms in total. The van der Waals surface area contributed by atoms with Gasteiger partial charge in [-0.05, 0) is 38.5 Å². The molecule has 0 bridgehead atoms. The van der Waals surface area contributed by atoms with Gasteiger partial charge in [0.15, 0.2) is 0 Å². The topological polar surface area (TPSA) is 46.5 Å². The van der Waals surface area contributed by atoms with Gasteiger partial charge in [-0.1, -0.05) is 26.2 Å². The van der Waals surface area contributed by atoms with Crippen molar-refractivity contribution in [2.75, 3.05) is 6.61 Å². The molecule has 0 radical (unpaired) electrons. The van der Waals surface area contributed by atoms with E-state index in [0.29, 0.717) is 13.0 Å². The highest BCUT2D eigenvalue weighted by Crippen LogP contribution is 2.45. The van der Waals surface area contributed by atoms with Crippen molar-refractivity contribution in [3.63, 3.8) is 0 Å². The highest BCUT2D eigenvalue weighted by atomic mass is 16.5. The van der Waals surface area contributed by atoms with Gasteiger partial charge in [-0.2, -0.15) is 0 Å². The molecule has 100 valence electrons. The number of unbranched alkanes of at least 4 members (excludes halogenated alkanes) is 2. The van der Waals surface area contributed by atoms with Gasteiger partial charge in [-0.25, -0.2) is 0 Å². The third-order valence-corrected chi connectivity index (χ3v) is 3.76. The summed E-state index contributed by atoms with van der Waals surface area (Å²) >= 11 is 0. The van der Waals surface area contributed by atoms with Crippen molar-refractivity contribution in [1.29, 1.82) is 0 Å². The Morgan fingerprint density at radius 1 is 1.35 bits per heavy atom. The lowest BCUT2D eigenvalue weighted by atomic mass is 9.69. The number of hydrogen-bond acceptors (Lipinski definition) is 2. The fourth-order valence-electron chi connectivity index (χ4n) is 3.11. The smallest absolute Gasteiger partial charge is 0.303 e. The summed E-state index contributed by atoms with van der Waals surface area (Å²) in [5, 5.41) is 9.12. The Balaban J connectivity index is 2.67. The first kappa shape index (κ1) is 14.5. The molecule has 0 unspecified atom stereocenters. The van der Waals surface area contributed by atoms with E-state index in [1.165, 1.54) is 12.8 Å². The quantitative estimate of drug-likeness (QED) is 0.724. The molecule has 0 amide bonds. The van der Waals surface area contributed by atoms with Crippen LogP contribution >= 0.6 is 0 Å². The molecule has 0 spiro atoms. The van der Waals surface area contributed by atoms with E-state index in [-0.39, 0.29) is 11.0 Å². The lowest BCUT2D eigenvalue weighted by molar-refractivity contribution is -0.148. The summed E-state index contributed by atoms with van der Waals surface area (Å²) in [6, 6.07) is 0. The maximum Gasteiger partial charge on any atom is 0.303 e. The molecule has 0 saturated carbocycles. The Labute approximate surface area is 105 Å². The van der Waals surface area contributed by atoms with Crippen LogP contribution in [0.2, 0.25) is 0 Å². The summed E-state index contributed by atoms with van der Waals surface area (Å²) < 4.78 is 5.72. The zero-order valence-corrected chi connectivity index (χ0v) is 11.4. The number of carboxylic acids is 1. The normalized spacial score (nSPS) is 27.9. The van der Waals surface area contributed by atoms with Crippen LogP contribution in [0.1, 0.15) is 65.7 Å². The van der Waals surface area contributed by atoms with E-state index in [4.69, 9.17) is 9.84 Å². The number of aliphatic carboxylic acids is 1. The van der Waals surface area contributed by atoms with Crippen LogP contribution in [0.4, 0.5) is 0 Å². The second-order valence-electron chi connectivity index (χ2n) is 6.06. The minimum atomic E-state index is -0.667. The first-order chi connectivity index (χ1) is 7.89. The zero-order valence-electron chi connectivity index (χ0n) is 11.4. The van der Waals surface area contributed by atoms with Gasteiger partial charge in [0.2, 0.25) is 0 Å². The minimum Gasteiger partial charge on any atom is -0.481 e. The summed E-state index contributed by atoms with van der Waals surface area (Å²) in [7, 11) is 0. The molecular weight excluding hydrogens is 216 g/mol. The molecule has 0 aromatic heterocycles. The van der Waals surface area contributed by atoms with Gasteiger partial charge >= 0.3 is 5.97 Å². The van der Waals surface area contributed by atoms with Gasteiger partial charge < -0.3 is 9.84 Å². The van der Waals surface area contributed by atoms with Gasteiger partial charge in [0.1, 0.15) is 0 Å². The summed E-state index contributed by atoms with van der Waals surface area (Å²) in [6.07, 6.45) is 6.61. The highest BCUT2D eigenvalue weighted by molar-refractivity contribution is 5.67. The van der Waals surface area contributed by atoms with Crippen LogP contribution in [0.15, 0.2) is 0 Å². The molecule has 1 aliphatic rings. The molecule has 1 aliphatic heterocycles. The third-order valence-electron chi connectivity index (χ3n) is 3.76. The van der Waals surface area contributed by atoms with E-state index < -0.39 is 5.97 Å². The fraction of sp³-hybridized carbons (Fsp3) is 0.929. The summed E-state index contributed by atoms with van der Waals surface area (Å²) in [4.78, 5) is 11.1. The van der Waals surface area contributed by atoms with Crippen LogP contribution in [0.25, 0.3) is 0 Å². The van der Waals surface area contributed by atoms with Crippen molar-refractivity contribution < 1.29 is 14.6 Å². The van der Waals surface area contributed by atoms with Crippen LogP contribution < -0.4 is 0 Å². The molecule has 1 N–H and O–H groups in total. The van der Waals surface area contributed by atoms with Crippen molar-refractivity contribution in [1.82, 2.24) is 0 Å². The lowest BCUT2D eigenvalue weighted by Crippen LogP contribution is -2.42. The maximum atomic E-state index is 11.1.